The number of amides is 2. The van der Waals surface area contributed by atoms with Crippen LogP contribution < -0.4 is 5.32 Å². The van der Waals surface area contributed by atoms with Crippen molar-refractivity contribution in [3.8, 4) is 0 Å². The highest BCUT2D eigenvalue weighted by molar-refractivity contribution is 5.89. The highest BCUT2D eigenvalue weighted by atomic mass is 16.5. The molecule has 180 valence electrons. The van der Waals surface area contributed by atoms with Gasteiger partial charge in [0.25, 0.3) is 0 Å². The van der Waals surface area contributed by atoms with Crippen LogP contribution in [0.5, 0.6) is 0 Å². The van der Waals surface area contributed by atoms with Crippen molar-refractivity contribution >= 4 is 11.8 Å². The molecule has 3 saturated heterocycles. The fourth-order valence-corrected chi connectivity index (χ4v) is 6.67. The van der Waals surface area contributed by atoms with Gasteiger partial charge in [-0.1, -0.05) is 59.7 Å². The molecule has 3 aliphatic heterocycles. The first kappa shape index (κ1) is 23.1. The van der Waals surface area contributed by atoms with Crippen LogP contribution in [0.1, 0.15) is 60.3 Å². The van der Waals surface area contributed by atoms with E-state index in [0.29, 0.717) is 45.2 Å². The number of likely N-dealkylation sites (tertiary alicyclic amines) is 1. The van der Waals surface area contributed by atoms with Gasteiger partial charge in [0.05, 0.1) is 5.41 Å². The second-order valence-corrected chi connectivity index (χ2v) is 10.7. The molecule has 0 radical (unpaired) electrons. The molecule has 2 amide bonds. The van der Waals surface area contributed by atoms with Gasteiger partial charge in [0.2, 0.25) is 11.8 Å². The average Bonchev–Trinajstić information content (AvgIpc) is 2.84. The van der Waals surface area contributed by atoms with E-state index in [9.17, 15) is 9.59 Å². The zero-order valence-corrected chi connectivity index (χ0v) is 20.4. The zero-order valence-electron chi connectivity index (χ0n) is 20.4. The lowest BCUT2D eigenvalue weighted by atomic mass is 9.62. The smallest absolute Gasteiger partial charge is 0.233 e. The molecule has 0 aliphatic carbocycles. The highest BCUT2D eigenvalue weighted by Crippen LogP contribution is 2.49. The summed E-state index contributed by atoms with van der Waals surface area (Å²) in [7, 11) is 0. The molecule has 2 aromatic rings. The van der Waals surface area contributed by atoms with E-state index in [1.54, 1.807) is 0 Å². The van der Waals surface area contributed by atoms with Crippen LogP contribution in [0.3, 0.4) is 0 Å². The third-order valence-electron chi connectivity index (χ3n) is 8.53. The molecule has 0 saturated carbocycles. The van der Waals surface area contributed by atoms with Gasteiger partial charge in [0.1, 0.15) is 0 Å². The Hall–Kier alpha value is -2.66. The second-order valence-electron chi connectivity index (χ2n) is 10.7. The van der Waals surface area contributed by atoms with Gasteiger partial charge >= 0.3 is 0 Å². The van der Waals surface area contributed by atoms with Gasteiger partial charge in [-0.25, -0.2) is 0 Å². The van der Waals surface area contributed by atoms with Gasteiger partial charge in [-0.3, -0.25) is 9.59 Å². The summed E-state index contributed by atoms with van der Waals surface area (Å²) in [5.41, 5.74) is 4.23. The summed E-state index contributed by atoms with van der Waals surface area (Å²) in [4.78, 5) is 28.7. The Bertz CT molecular complexity index is 1030. The Labute approximate surface area is 202 Å². The quantitative estimate of drug-likeness (QED) is 0.745. The molecule has 1 atom stereocenters. The van der Waals surface area contributed by atoms with Crippen molar-refractivity contribution in [2.45, 2.75) is 57.3 Å². The largest absolute Gasteiger partial charge is 0.381 e. The summed E-state index contributed by atoms with van der Waals surface area (Å²) in [5, 5.41) is 3.09. The van der Waals surface area contributed by atoms with Crippen molar-refractivity contribution < 1.29 is 14.3 Å². The number of rotatable bonds is 3. The SMILES string of the molecule is Cc1cc(C)cc(C2(C(=O)N3CCC4(CC3)CC(=O)NCC4c3ccccc3)CCOCC2)c1. The molecule has 5 nitrogen and oxygen atoms in total. The summed E-state index contributed by atoms with van der Waals surface area (Å²) in [6.45, 7) is 7.55. The van der Waals surface area contributed by atoms with E-state index in [2.05, 4.69) is 66.5 Å². The van der Waals surface area contributed by atoms with Crippen LogP contribution in [0.15, 0.2) is 48.5 Å². The molecular weight excluding hydrogens is 424 g/mol. The van der Waals surface area contributed by atoms with Crippen molar-refractivity contribution in [3.05, 3.63) is 70.8 Å². The number of nitrogens with one attached hydrogen (secondary N) is 1. The summed E-state index contributed by atoms with van der Waals surface area (Å²) in [6.07, 6.45) is 3.73. The van der Waals surface area contributed by atoms with Crippen LogP contribution in [-0.4, -0.2) is 49.6 Å². The van der Waals surface area contributed by atoms with Gasteiger partial charge < -0.3 is 15.0 Å². The van der Waals surface area contributed by atoms with Crippen LogP contribution in [0.25, 0.3) is 0 Å². The highest BCUT2D eigenvalue weighted by Gasteiger charge is 2.50. The molecule has 1 unspecified atom stereocenters. The van der Waals surface area contributed by atoms with Crippen LogP contribution in [0.2, 0.25) is 0 Å². The Morgan fingerprint density at radius 3 is 2.26 bits per heavy atom. The Kier molecular flexibility index (Phi) is 6.24. The number of benzene rings is 2. The van der Waals surface area contributed by atoms with Crippen molar-refractivity contribution in [1.82, 2.24) is 10.2 Å². The fraction of sp³-hybridized carbons (Fsp3) is 0.517. The lowest BCUT2D eigenvalue weighted by Gasteiger charge is -2.50. The van der Waals surface area contributed by atoms with Gasteiger partial charge in [-0.05, 0) is 56.1 Å². The molecule has 3 aliphatic rings. The Morgan fingerprint density at radius 1 is 0.971 bits per heavy atom. The zero-order chi connectivity index (χ0) is 23.8. The van der Waals surface area contributed by atoms with E-state index in [1.807, 2.05) is 6.07 Å². The lowest BCUT2D eigenvalue weighted by molar-refractivity contribution is -0.145. The van der Waals surface area contributed by atoms with Crippen molar-refractivity contribution in [2.75, 3.05) is 32.8 Å². The normalized spacial score (nSPS) is 24.0. The third kappa shape index (κ3) is 4.15. The first-order valence-electron chi connectivity index (χ1n) is 12.7. The van der Waals surface area contributed by atoms with E-state index in [-0.39, 0.29) is 17.2 Å². The number of aryl methyl sites for hydroxylation is 2. The van der Waals surface area contributed by atoms with Crippen LogP contribution in [-0.2, 0) is 19.7 Å². The average molecular weight is 461 g/mol. The first-order valence-corrected chi connectivity index (χ1v) is 12.7. The van der Waals surface area contributed by atoms with E-state index in [4.69, 9.17) is 4.74 Å². The monoisotopic (exact) mass is 460 g/mol. The minimum Gasteiger partial charge on any atom is -0.381 e. The molecule has 3 heterocycles. The fourth-order valence-electron chi connectivity index (χ4n) is 6.67. The van der Waals surface area contributed by atoms with E-state index in [1.165, 1.54) is 16.7 Å². The van der Waals surface area contributed by atoms with Crippen LogP contribution >= 0.6 is 0 Å². The number of piperidine rings is 2. The van der Waals surface area contributed by atoms with E-state index < -0.39 is 5.41 Å². The molecule has 2 aromatic carbocycles. The number of carbonyl (C=O) groups excluding carboxylic acids is 2. The van der Waals surface area contributed by atoms with Gasteiger partial charge in [0.15, 0.2) is 0 Å². The summed E-state index contributed by atoms with van der Waals surface area (Å²) >= 11 is 0. The minimum atomic E-state index is -0.512. The number of hydrogen-bond donors (Lipinski definition) is 1. The molecule has 1 spiro atoms. The number of carbonyl (C=O) groups is 2. The summed E-state index contributed by atoms with van der Waals surface area (Å²) < 4.78 is 5.69. The Morgan fingerprint density at radius 2 is 1.62 bits per heavy atom. The van der Waals surface area contributed by atoms with E-state index >= 15 is 0 Å². The second kappa shape index (κ2) is 9.18. The minimum absolute atomic E-state index is 0.0801. The van der Waals surface area contributed by atoms with Gasteiger partial charge in [0, 0.05) is 45.2 Å². The molecule has 3 fully saturated rings. The molecule has 5 rings (SSSR count). The number of nitrogens with zero attached hydrogens (tertiary/aromatic N) is 1. The third-order valence-corrected chi connectivity index (χ3v) is 8.53. The first-order chi connectivity index (χ1) is 16.4. The summed E-state index contributed by atoms with van der Waals surface area (Å²) in [6, 6.07) is 17.1. The number of ether oxygens (including phenoxy) is 1. The van der Waals surface area contributed by atoms with Crippen molar-refractivity contribution in [3.63, 3.8) is 0 Å². The van der Waals surface area contributed by atoms with Crippen molar-refractivity contribution in [2.24, 2.45) is 5.41 Å². The van der Waals surface area contributed by atoms with E-state index in [0.717, 1.165) is 31.2 Å². The predicted octanol–water partition coefficient (Wildman–Crippen LogP) is 4.26. The molecule has 0 aromatic heterocycles. The molecule has 1 N–H and O–H groups in total. The van der Waals surface area contributed by atoms with Crippen LogP contribution in [0, 0.1) is 19.3 Å². The molecule has 0 bridgehead atoms. The molecule has 5 heteroatoms. The topological polar surface area (TPSA) is 58.6 Å². The van der Waals surface area contributed by atoms with Crippen molar-refractivity contribution in [1.29, 1.82) is 0 Å². The standard InChI is InChI=1S/C29H36N2O3/c1-21-16-22(2)18-24(17-21)29(10-14-34-15-11-29)27(33)31-12-8-28(9-13-31)19-26(32)30-20-25(28)23-6-4-3-5-7-23/h3-7,16-18,25H,8-15,19-20H2,1-2H3,(H,30,32). The lowest BCUT2D eigenvalue weighted by Crippen LogP contribution is -2.56. The summed E-state index contributed by atoms with van der Waals surface area (Å²) in [5.74, 6) is 0.676. The van der Waals surface area contributed by atoms with Gasteiger partial charge in [-0.2, -0.15) is 0 Å². The maximum atomic E-state index is 14.2. The maximum absolute atomic E-state index is 14.2. The number of hydrogen-bond acceptors (Lipinski definition) is 3. The Balaban J connectivity index is 1.40. The maximum Gasteiger partial charge on any atom is 0.233 e. The predicted molar refractivity (Wildman–Crippen MR) is 133 cm³/mol. The van der Waals surface area contributed by atoms with Crippen LogP contribution in [0.4, 0.5) is 0 Å². The van der Waals surface area contributed by atoms with Gasteiger partial charge in [-0.15, -0.1) is 0 Å². The molecule has 34 heavy (non-hydrogen) atoms. The molecular formula is C29H36N2O3.